The molecule has 0 atom stereocenters. The highest BCUT2D eigenvalue weighted by molar-refractivity contribution is 5.91. The van der Waals surface area contributed by atoms with Gasteiger partial charge in [0, 0.05) is 0 Å². The van der Waals surface area contributed by atoms with Gasteiger partial charge in [0.25, 0.3) is 5.91 Å². The van der Waals surface area contributed by atoms with E-state index in [0.29, 0.717) is 47.3 Å². The zero-order chi connectivity index (χ0) is 28.0. The van der Waals surface area contributed by atoms with E-state index >= 15 is 0 Å². The first-order chi connectivity index (χ1) is 19.6. The van der Waals surface area contributed by atoms with E-state index in [4.69, 9.17) is 18.9 Å². The summed E-state index contributed by atoms with van der Waals surface area (Å²) in [7, 11) is 0. The SMILES string of the molecule is CCCOc1ccc(C(=O)Oc2ccc(/C=N/NC(=O)COc3ccc(OCc4ccccc4)cc3)cc2)cc1. The van der Waals surface area contributed by atoms with Crippen molar-refractivity contribution >= 4 is 18.1 Å². The number of nitrogens with one attached hydrogen (secondary N) is 1. The zero-order valence-corrected chi connectivity index (χ0v) is 22.1. The molecule has 0 aliphatic heterocycles. The van der Waals surface area contributed by atoms with E-state index in [-0.39, 0.29) is 6.61 Å². The van der Waals surface area contributed by atoms with Crippen molar-refractivity contribution in [1.29, 1.82) is 0 Å². The van der Waals surface area contributed by atoms with Gasteiger partial charge in [-0.05, 0) is 90.3 Å². The molecule has 1 amide bonds. The van der Waals surface area contributed by atoms with Gasteiger partial charge in [-0.25, -0.2) is 10.2 Å². The van der Waals surface area contributed by atoms with E-state index in [9.17, 15) is 9.59 Å². The lowest BCUT2D eigenvalue weighted by molar-refractivity contribution is -0.123. The van der Waals surface area contributed by atoms with E-state index < -0.39 is 11.9 Å². The van der Waals surface area contributed by atoms with Crippen LogP contribution in [-0.2, 0) is 11.4 Å². The first-order valence-corrected chi connectivity index (χ1v) is 12.9. The number of carbonyl (C=O) groups excluding carboxylic acids is 2. The van der Waals surface area contributed by atoms with Crippen LogP contribution in [0.1, 0.15) is 34.8 Å². The molecule has 204 valence electrons. The van der Waals surface area contributed by atoms with Gasteiger partial charge in [-0.2, -0.15) is 5.10 Å². The van der Waals surface area contributed by atoms with Crippen molar-refractivity contribution in [3.05, 3.63) is 120 Å². The molecule has 0 spiro atoms. The molecule has 0 heterocycles. The van der Waals surface area contributed by atoms with Crippen molar-refractivity contribution in [2.24, 2.45) is 5.10 Å². The second kappa shape index (κ2) is 14.7. The number of amides is 1. The summed E-state index contributed by atoms with van der Waals surface area (Å²) in [4.78, 5) is 24.5. The first-order valence-electron chi connectivity index (χ1n) is 12.9. The third-order valence-corrected chi connectivity index (χ3v) is 5.50. The Morgan fingerprint density at radius 1 is 0.725 bits per heavy atom. The van der Waals surface area contributed by atoms with E-state index in [1.807, 2.05) is 37.3 Å². The van der Waals surface area contributed by atoms with Crippen LogP contribution in [0.5, 0.6) is 23.0 Å². The van der Waals surface area contributed by atoms with Crippen molar-refractivity contribution in [2.75, 3.05) is 13.2 Å². The van der Waals surface area contributed by atoms with Crippen LogP contribution in [0.3, 0.4) is 0 Å². The van der Waals surface area contributed by atoms with Gasteiger partial charge in [0.1, 0.15) is 29.6 Å². The number of esters is 1. The van der Waals surface area contributed by atoms with Crippen LogP contribution in [-0.4, -0.2) is 31.3 Å². The molecule has 0 aromatic heterocycles. The Kier molecular flexibility index (Phi) is 10.3. The third kappa shape index (κ3) is 9.02. The summed E-state index contributed by atoms with van der Waals surface area (Å²) in [6.07, 6.45) is 2.39. The Morgan fingerprint density at radius 2 is 1.32 bits per heavy atom. The molecule has 0 radical (unpaired) electrons. The Bertz CT molecular complexity index is 1390. The van der Waals surface area contributed by atoms with Crippen LogP contribution in [0.2, 0.25) is 0 Å². The molecule has 4 rings (SSSR count). The van der Waals surface area contributed by atoms with E-state index in [1.54, 1.807) is 72.8 Å². The van der Waals surface area contributed by atoms with Crippen LogP contribution >= 0.6 is 0 Å². The minimum atomic E-state index is -0.468. The summed E-state index contributed by atoms with van der Waals surface area (Å²) < 4.78 is 22.2. The molecule has 8 nitrogen and oxygen atoms in total. The molecular weight excluding hydrogens is 508 g/mol. The van der Waals surface area contributed by atoms with Crippen LogP contribution in [0.15, 0.2) is 108 Å². The Balaban J connectivity index is 1.16. The predicted octanol–water partition coefficient (Wildman–Crippen LogP) is 5.80. The maximum Gasteiger partial charge on any atom is 0.343 e. The fraction of sp³-hybridized carbons (Fsp3) is 0.156. The molecule has 0 saturated carbocycles. The van der Waals surface area contributed by atoms with Gasteiger partial charge in [-0.3, -0.25) is 4.79 Å². The van der Waals surface area contributed by atoms with Crippen LogP contribution in [0.4, 0.5) is 0 Å². The summed E-state index contributed by atoms with van der Waals surface area (Å²) in [5, 5.41) is 3.94. The van der Waals surface area contributed by atoms with Gasteiger partial charge in [-0.15, -0.1) is 0 Å². The average molecular weight is 539 g/mol. The van der Waals surface area contributed by atoms with E-state index in [0.717, 1.165) is 12.0 Å². The van der Waals surface area contributed by atoms with Crippen molar-refractivity contribution in [3.8, 4) is 23.0 Å². The molecule has 0 saturated heterocycles. The number of hydrazone groups is 1. The molecule has 4 aromatic rings. The summed E-state index contributed by atoms with van der Waals surface area (Å²) in [5.41, 5.74) is 4.64. The lowest BCUT2D eigenvalue weighted by Crippen LogP contribution is -2.24. The topological polar surface area (TPSA) is 95.5 Å². The summed E-state index contributed by atoms with van der Waals surface area (Å²) in [6.45, 7) is 2.93. The molecule has 0 unspecified atom stereocenters. The van der Waals surface area contributed by atoms with Crippen molar-refractivity contribution < 1.29 is 28.5 Å². The zero-order valence-electron chi connectivity index (χ0n) is 22.1. The van der Waals surface area contributed by atoms with Gasteiger partial charge in [0.15, 0.2) is 6.61 Å². The number of ether oxygens (including phenoxy) is 4. The molecule has 0 fully saturated rings. The van der Waals surface area contributed by atoms with Crippen LogP contribution < -0.4 is 24.4 Å². The fourth-order valence-corrected chi connectivity index (χ4v) is 3.43. The minimum Gasteiger partial charge on any atom is -0.494 e. The number of hydrogen-bond acceptors (Lipinski definition) is 7. The van der Waals surface area contributed by atoms with Crippen LogP contribution in [0, 0.1) is 0 Å². The Hall–Kier alpha value is -5.11. The van der Waals surface area contributed by atoms with Crippen LogP contribution in [0.25, 0.3) is 0 Å². The molecule has 1 N–H and O–H groups in total. The summed E-state index contributed by atoms with van der Waals surface area (Å²) in [6, 6.07) is 30.5. The van der Waals surface area contributed by atoms with E-state index in [2.05, 4.69) is 10.5 Å². The predicted molar refractivity (Wildman–Crippen MR) is 152 cm³/mol. The van der Waals surface area contributed by atoms with Crippen molar-refractivity contribution in [2.45, 2.75) is 20.0 Å². The first kappa shape index (κ1) is 27.9. The van der Waals surface area contributed by atoms with E-state index in [1.165, 1.54) is 6.21 Å². The highest BCUT2D eigenvalue weighted by Crippen LogP contribution is 2.19. The van der Waals surface area contributed by atoms with Gasteiger partial charge in [-0.1, -0.05) is 37.3 Å². The van der Waals surface area contributed by atoms with Gasteiger partial charge in [0.2, 0.25) is 0 Å². The summed E-state index contributed by atoms with van der Waals surface area (Å²) in [5.74, 6) is 1.47. The average Bonchev–Trinajstić information content (AvgIpc) is 3.00. The molecule has 0 aliphatic rings. The highest BCUT2D eigenvalue weighted by Gasteiger charge is 2.09. The van der Waals surface area contributed by atoms with Crippen molar-refractivity contribution in [1.82, 2.24) is 5.43 Å². The van der Waals surface area contributed by atoms with Gasteiger partial charge < -0.3 is 18.9 Å². The van der Waals surface area contributed by atoms with Gasteiger partial charge in [0.05, 0.1) is 18.4 Å². The largest absolute Gasteiger partial charge is 0.494 e. The number of carbonyl (C=O) groups is 2. The highest BCUT2D eigenvalue weighted by atomic mass is 16.5. The van der Waals surface area contributed by atoms with Gasteiger partial charge >= 0.3 is 5.97 Å². The molecule has 8 heteroatoms. The molecule has 0 aliphatic carbocycles. The Labute approximate surface area is 233 Å². The number of rotatable bonds is 13. The second-order valence-corrected chi connectivity index (χ2v) is 8.66. The lowest BCUT2D eigenvalue weighted by atomic mass is 10.2. The minimum absolute atomic E-state index is 0.192. The number of hydrogen-bond donors (Lipinski definition) is 1. The second-order valence-electron chi connectivity index (χ2n) is 8.66. The summed E-state index contributed by atoms with van der Waals surface area (Å²) >= 11 is 0. The molecular formula is C32H30N2O6. The van der Waals surface area contributed by atoms with Crippen molar-refractivity contribution in [3.63, 3.8) is 0 Å². The number of benzene rings is 4. The monoisotopic (exact) mass is 538 g/mol. The maximum absolute atomic E-state index is 12.4. The maximum atomic E-state index is 12.4. The lowest BCUT2D eigenvalue weighted by Gasteiger charge is -2.08. The quantitative estimate of drug-likeness (QED) is 0.100. The normalized spacial score (nSPS) is 10.6. The standard InChI is InChI=1S/C32H30N2O6/c1-2-20-37-27-14-10-26(11-15-27)32(36)40-30-12-8-24(9-13-30)21-33-34-31(35)23-39-29-18-16-28(17-19-29)38-22-25-6-4-3-5-7-25/h3-19,21H,2,20,22-23H2,1H3,(H,34,35)/b33-21+. The fourth-order valence-electron chi connectivity index (χ4n) is 3.43. The molecule has 4 aromatic carbocycles. The molecule has 40 heavy (non-hydrogen) atoms. The Morgan fingerprint density at radius 3 is 2.00 bits per heavy atom. The third-order valence-electron chi connectivity index (χ3n) is 5.50. The smallest absolute Gasteiger partial charge is 0.343 e. The molecule has 0 bridgehead atoms. The number of nitrogens with zero attached hydrogens (tertiary/aromatic N) is 1.